The average Bonchev–Trinajstić information content (AvgIpc) is 1.55. The van der Waals surface area contributed by atoms with E-state index < -0.39 is 35.7 Å². The lowest BCUT2D eigenvalue weighted by Crippen LogP contribution is -2.55. The van der Waals surface area contributed by atoms with Crippen molar-refractivity contribution < 1.29 is 59.7 Å². The van der Waals surface area contributed by atoms with Crippen molar-refractivity contribution in [3.63, 3.8) is 0 Å². The quantitative estimate of drug-likeness (QED) is 0.0262. The van der Waals surface area contributed by atoms with E-state index in [0.717, 1.165) is 93.3 Å². The fourth-order valence-corrected chi connectivity index (χ4v) is 25.1. The highest BCUT2D eigenvalue weighted by Crippen LogP contribution is 2.66. The van der Waals surface area contributed by atoms with Crippen molar-refractivity contribution in [1.29, 1.82) is 0 Å². The van der Waals surface area contributed by atoms with Crippen LogP contribution in [0.5, 0.6) is 0 Å². The van der Waals surface area contributed by atoms with Crippen molar-refractivity contribution in [2.75, 3.05) is 37.1 Å². The summed E-state index contributed by atoms with van der Waals surface area (Å²) in [6.07, 6.45) is 21.8. The topological polar surface area (TPSA) is 96.0 Å². The molecule has 109 heavy (non-hydrogen) atoms. The van der Waals surface area contributed by atoms with Crippen LogP contribution in [0.1, 0.15) is 164 Å². The minimum absolute atomic E-state index is 0.0146. The van der Waals surface area contributed by atoms with E-state index in [1.54, 1.807) is 0 Å². The van der Waals surface area contributed by atoms with E-state index >= 15 is 0 Å². The Kier molecular flexibility index (Phi) is 28.8. The Morgan fingerprint density at radius 1 is 0.394 bits per heavy atom. The van der Waals surface area contributed by atoms with Crippen molar-refractivity contribution in [2.45, 2.75) is 202 Å². The van der Waals surface area contributed by atoms with Gasteiger partial charge in [-0.3, -0.25) is 4.79 Å². The zero-order valence-electron chi connectivity index (χ0n) is 63.5. The van der Waals surface area contributed by atoms with Crippen LogP contribution in [0.2, 0.25) is 0 Å². The molecule has 9 aliphatic carbocycles. The van der Waals surface area contributed by atoms with Crippen LogP contribution in [0.4, 0.5) is 26.3 Å². The van der Waals surface area contributed by atoms with Gasteiger partial charge >= 0.3 is 35.7 Å². The van der Waals surface area contributed by atoms with Gasteiger partial charge in [0, 0.05) is 37.2 Å². The number of alkyl halides is 6. The first kappa shape index (κ1) is 82.4. The molecule has 0 aromatic heterocycles. The zero-order valence-corrected chi connectivity index (χ0v) is 66.0. The second-order valence-corrected chi connectivity index (χ2v) is 38.5. The highest BCUT2D eigenvalue weighted by atomic mass is 32.2. The molecule has 8 bridgehead atoms. The van der Waals surface area contributed by atoms with E-state index in [9.17, 15) is 45.5 Å². The molecule has 8 aromatic rings. The molecule has 1 aliphatic heterocycles. The molecule has 578 valence electrons. The van der Waals surface area contributed by atoms with Gasteiger partial charge in [-0.05, 0) is 240 Å². The minimum Gasteiger partial charge on any atom is -0.461 e. The number of aryl methyl sites for hydroxylation is 1. The van der Waals surface area contributed by atoms with Crippen LogP contribution >= 0.6 is 0 Å². The summed E-state index contributed by atoms with van der Waals surface area (Å²) in [5.41, 5.74) is 3.56. The predicted octanol–water partition coefficient (Wildman–Crippen LogP) is 23.0. The van der Waals surface area contributed by atoms with Crippen LogP contribution in [0.3, 0.4) is 0 Å². The third-order valence-electron chi connectivity index (χ3n) is 22.7. The maximum Gasteiger partial charge on any atom is 0.376 e. The number of hydrogen-bond acceptors (Lipinski definition) is 7. The Morgan fingerprint density at radius 2 is 0.716 bits per heavy atom. The Hall–Kier alpha value is -7.53. The monoisotopic (exact) mass is 1550 g/mol. The molecule has 0 N–H and O–H groups in total. The van der Waals surface area contributed by atoms with Crippen molar-refractivity contribution in [2.24, 2.45) is 46.3 Å². The number of ketones is 1. The van der Waals surface area contributed by atoms with Crippen LogP contribution in [-0.2, 0) is 66.7 Å². The van der Waals surface area contributed by atoms with Crippen LogP contribution in [0, 0.1) is 53.3 Å². The van der Waals surface area contributed by atoms with Gasteiger partial charge in [0.15, 0.2) is 35.1 Å². The van der Waals surface area contributed by atoms with Gasteiger partial charge in [0.05, 0.1) is 41.6 Å². The van der Waals surface area contributed by atoms with Gasteiger partial charge in [-0.15, -0.1) is 0 Å². The van der Waals surface area contributed by atoms with Gasteiger partial charge in [-0.1, -0.05) is 189 Å². The molecule has 16 heteroatoms. The fourth-order valence-electron chi connectivity index (χ4n) is 18.6. The summed E-state index contributed by atoms with van der Waals surface area (Å²) in [6, 6.07) is 82.8. The van der Waals surface area contributed by atoms with E-state index in [4.69, 9.17) is 9.47 Å². The molecular weight excluding hydrogens is 1440 g/mol. The number of rotatable bonds is 19. The van der Waals surface area contributed by atoms with E-state index in [1.165, 1.54) is 110 Å². The Bertz CT molecular complexity index is 3760. The largest absolute Gasteiger partial charge is 0.461 e. The number of esters is 3. The number of halogens is 6. The Morgan fingerprint density at radius 3 is 1.07 bits per heavy atom. The first-order valence-electron chi connectivity index (χ1n) is 39.1. The molecule has 18 rings (SSSR count). The molecule has 2 unspecified atom stereocenters. The lowest BCUT2D eigenvalue weighted by molar-refractivity contribution is -0.180. The van der Waals surface area contributed by atoms with Gasteiger partial charge in [0.25, 0.3) is 0 Å². The standard InChI is InChI=1S/C21H26F2O2.2C18H15S.C14H20F2O2.C12H15OS.C10H16F2O2/c1-14-3-5-17(6-4-14)21-10-15-7-16(11-21)9-20(8-15,12-21)13-25-18(24)19(2,22)23;2*1-4-10-16(11-5-1)19(17-12-6-2-7-13-17)18-14-8-3-9-15-18;1-13(15,16)12(17)18-8-14-5-9-2-10(6-14)4-11(3-9)7-14;13-12(10-14-8-4-5-9-14)11-6-2-1-3-7-11;1-10(11,12)9(13)14-7-8-5-3-2-4-6-8/h3-6,15-16H,7-13H2,1-2H3;2*1-15H;9-11H,2-8H2,1H3;1-3,6-7H,4-5,8-10H2;8H,2-7H2,1H3/q;2*+1;;+1;. The summed E-state index contributed by atoms with van der Waals surface area (Å²) in [7, 11) is 0.363. The van der Waals surface area contributed by atoms with Gasteiger partial charge in [0.2, 0.25) is 5.78 Å². The second kappa shape index (κ2) is 38.1. The maximum atomic E-state index is 13.2. The van der Waals surface area contributed by atoms with Gasteiger partial charge in [-0.2, -0.15) is 26.3 Å². The van der Waals surface area contributed by atoms with Crippen molar-refractivity contribution in [1.82, 2.24) is 0 Å². The number of carbonyl (C=O) groups is 4. The molecule has 10 fully saturated rings. The van der Waals surface area contributed by atoms with E-state index in [0.29, 0.717) is 49.3 Å². The minimum atomic E-state index is -3.41. The third kappa shape index (κ3) is 23.5. The van der Waals surface area contributed by atoms with Crippen molar-refractivity contribution in [3.8, 4) is 0 Å². The molecule has 7 nitrogen and oxygen atoms in total. The highest BCUT2D eigenvalue weighted by molar-refractivity contribution is 7.98. The smallest absolute Gasteiger partial charge is 0.376 e. The summed E-state index contributed by atoms with van der Waals surface area (Å²) >= 11 is 0. The number of benzene rings is 8. The first-order chi connectivity index (χ1) is 52.3. The third-order valence-corrected chi connectivity index (χ3v) is 29.6. The number of carbonyl (C=O) groups excluding carboxylic acids is 4. The number of ether oxygens (including phenoxy) is 3. The van der Waals surface area contributed by atoms with Crippen LogP contribution < -0.4 is 0 Å². The van der Waals surface area contributed by atoms with Crippen molar-refractivity contribution >= 4 is 56.4 Å². The first-order valence-corrected chi connectivity index (χ1v) is 43.2. The average molecular weight is 1550 g/mol. The molecular formula is C93H107F6O7S3+3. The molecule has 0 radical (unpaired) electrons. The molecule has 10 aliphatic rings. The summed E-state index contributed by atoms with van der Waals surface area (Å²) < 4.78 is 91.3. The van der Waals surface area contributed by atoms with Crippen molar-refractivity contribution in [3.05, 3.63) is 253 Å². The molecule has 1 heterocycles. The van der Waals surface area contributed by atoms with E-state index in [1.807, 2.05) is 30.3 Å². The Labute approximate surface area is 650 Å². The molecule has 1 saturated heterocycles. The fraction of sp³-hybridized carbons (Fsp3) is 0.441. The molecule has 0 spiro atoms. The normalized spacial score (nSPS) is 23.7. The lowest BCUT2D eigenvalue weighted by Gasteiger charge is -2.62. The van der Waals surface area contributed by atoms with Gasteiger partial charge < -0.3 is 14.2 Å². The van der Waals surface area contributed by atoms with Gasteiger partial charge in [0.1, 0.15) is 11.5 Å². The van der Waals surface area contributed by atoms with Crippen LogP contribution in [-0.4, -0.2) is 78.5 Å². The highest BCUT2D eigenvalue weighted by Gasteiger charge is 2.59. The molecule has 9 saturated carbocycles. The van der Waals surface area contributed by atoms with Gasteiger partial charge in [-0.25, -0.2) is 14.4 Å². The summed E-state index contributed by atoms with van der Waals surface area (Å²) in [5.74, 6) is -6.81. The zero-order chi connectivity index (χ0) is 77.1. The SMILES string of the molecule is CC(F)(F)C(=O)OCC12CC3CC(CC(C3)C1)C2.CC(F)(F)C(=O)OCC1CCCCC1.Cc1ccc(C23CC4CC(CC(COC(=O)C(C)(F)F)(C4)C2)C3)cc1.O=C(C[S+]1CCCC1)c1ccccc1.c1ccc([S+](c2ccccc2)c2ccccc2)cc1.c1ccc([S+](c2ccccc2)c2ccccc2)cc1. The molecule has 2 atom stereocenters. The summed E-state index contributed by atoms with van der Waals surface area (Å²) in [4.78, 5) is 53.5. The summed E-state index contributed by atoms with van der Waals surface area (Å²) in [5, 5.41) is 0. The van der Waals surface area contributed by atoms with Crippen LogP contribution in [0.15, 0.2) is 266 Å². The predicted molar refractivity (Wildman–Crippen MR) is 427 cm³/mol. The summed E-state index contributed by atoms with van der Waals surface area (Å²) in [6.45, 7) is 4.39. The number of Topliss-reactive ketones (excluding diaryl/α,β-unsaturated/α-hetero) is 1. The van der Waals surface area contributed by atoms with E-state index in [2.05, 4.69) is 218 Å². The molecule has 0 amide bonds. The lowest BCUT2D eigenvalue weighted by atomic mass is 9.43. The van der Waals surface area contributed by atoms with Crippen LogP contribution in [0.25, 0.3) is 0 Å². The number of hydrogen-bond donors (Lipinski definition) is 0. The van der Waals surface area contributed by atoms with E-state index in [-0.39, 0.29) is 63.8 Å². The molecule has 8 aromatic carbocycles. The Balaban J connectivity index is 0.000000131. The second-order valence-electron chi connectivity index (χ2n) is 32.1. The maximum absolute atomic E-state index is 13.2.